The SMILES string of the molecule is Cc1ccc(CNC(C)(C)C(=O)O)cc1. The van der Waals surface area contributed by atoms with Gasteiger partial charge in [0.15, 0.2) is 0 Å². The highest BCUT2D eigenvalue weighted by atomic mass is 16.4. The van der Waals surface area contributed by atoms with Gasteiger partial charge in [-0.2, -0.15) is 0 Å². The van der Waals surface area contributed by atoms with E-state index >= 15 is 0 Å². The molecule has 0 aliphatic heterocycles. The molecular formula is C12H17NO2. The summed E-state index contributed by atoms with van der Waals surface area (Å²) in [5.41, 5.74) is 1.41. The molecule has 82 valence electrons. The highest BCUT2D eigenvalue weighted by molar-refractivity contribution is 5.77. The van der Waals surface area contributed by atoms with Crippen molar-refractivity contribution in [2.24, 2.45) is 0 Å². The molecule has 15 heavy (non-hydrogen) atoms. The molecule has 0 unspecified atom stereocenters. The number of nitrogens with one attached hydrogen (secondary N) is 1. The summed E-state index contributed by atoms with van der Waals surface area (Å²) < 4.78 is 0. The molecule has 2 N–H and O–H groups in total. The summed E-state index contributed by atoms with van der Waals surface area (Å²) in [6, 6.07) is 8.04. The van der Waals surface area contributed by atoms with E-state index in [0.29, 0.717) is 6.54 Å². The molecule has 0 bridgehead atoms. The van der Waals surface area contributed by atoms with Gasteiger partial charge in [0.1, 0.15) is 5.54 Å². The Balaban J connectivity index is 2.57. The largest absolute Gasteiger partial charge is 0.480 e. The van der Waals surface area contributed by atoms with Crippen LogP contribution in [0.25, 0.3) is 0 Å². The van der Waals surface area contributed by atoms with Crippen LogP contribution in [0.15, 0.2) is 24.3 Å². The van der Waals surface area contributed by atoms with E-state index in [9.17, 15) is 4.79 Å². The Morgan fingerprint density at radius 3 is 2.33 bits per heavy atom. The number of hydrogen-bond acceptors (Lipinski definition) is 2. The van der Waals surface area contributed by atoms with Crippen LogP contribution in [-0.2, 0) is 11.3 Å². The average Bonchev–Trinajstić information content (AvgIpc) is 2.17. The van der Waals surface area contributed by atoms with Gasteiger partial charge in [-0.15, -0.1) is 0 Å². The highest BCUT2D eigenvalue weighted by Crippen LogP contribution is 2.07. The van der Waals surface area contributed by atoms with Crippen molar-refractivity contribution >= 4 is 5.97 Å². The Morgan fingerprint density at radius 2 is 1.87 bits per heavy atom. The fourth-order valence-corrected chi connectivity index (χ4v) is 1.10. The number of benzene rings is 1. The molecule has 0 aliphatic carbocycles. The zero-order valence-corrected chi connectivity index (χ0v) is 9.37. The lowest BCUT2D eigenvalue weighted by molar-refractivity contribution is -0.143. The van der Waals surface area contributed by atoms with Crippen LogP contribution in [0.3, 0.4) is 0 Å². The van der Waals surface area contributed by atoms with Gasteiger partial charge in [-0.05, 0) is 26.3 Å². The van der Waals surface area contributed by atoms with E-state index in [1.807, 2.05) is 31.2 Å². The normalized spacial score (nSPS) is 11.4. The first-order valence-electron chi connectivity index (χ1n) is 4.96. The zero-order valence-electron chi connectivity index (χ0n) is 9.37. The van der Waals surface area contributed by atoms with Crippen molar-refractivity contribution in [1.29, 1.82) is 0 Å². The molecule has 0 saturated heterocycles. The van der Waals surface area contributed by atoms with Crippen LogP contribution >= 0.6 is 0 Å². The lowest BCUT2D eigenvalue weighted by atomic mass is 10.1. The standard InChI is InChI=1S/C12H17NO2/c1-9-4-6-10(7-5-9)8-13-12(2,3)11(14)15/h4-7,13H,8H2,1-3H3,(H,14,15). The molecule has 0 fully saturated rings. The van der Waals surface area contributed by atoms with Crippen LogP contribution in [0.2, 0.25) is 0 Å². The molecule has 0 aliphatic rings. The van der Waals surface area contributed by atoms with E-state index in [0.717, 1.165) is 5.56 Å². The van der Waals surface area contributed by atoms with Gasteiger partial charge < -0.3 is 5.11 Å². The third-order valence-electron chi connectivity index (χ3n) is 2.39. The molecule has 1 rings (SSSR count). The Bertz CT molecular complexity index is 341. The summed E-state index contributed by atoms with van der Waals surface area (Å²) in [4.78, 5) is 10.8. The quantitative estimate of drug-likeness (QED) is 0.793. The number of hydrogen-bond donors (Lipinski definition) is 2. The summed E-state index contributed by atoms with van der Waals surface area (Å²) in [5, 5.41) is 11.9. The van der Waals surface area contributed by atoms with Crippen molar-refractivity contribution < 1.29 is 9.90 Å². The maximum Gasteiger partial charge on any atom is 0.323 e. The molecule has 0 radical (unpaired) electrons. The van der Waals surface area contributed by atoms with Gasteiger partial charge in [0.05, 0.1) is 0 Å². The third kappa shape index (κ3) is 3.36. The number of carboxylic acid groups (broad SMARTS) is 1. The Kier molecular flexibility index (Phi) is 3.48. The fraction of sp³-hybridized carbons (Fsp3) is 0.417. The third-order valence-corrected chi connectivity index (χ3v) is 2.39. The van der Waals surface area contributed by atoms with Crippen LogP contribution in [0.5, 0.6) is 0 Å². The summed E-state index contributed by atoms with van der Waals surface area (Å²) in [7, 11) is 0. The van der Waals surface area contributed by atoms with Crippen LogP contribution < -0.4 is 5.32 Å². The Hall–Kier alpha value is -1.35. The van der Waals surface area contributed by atoms with E-state index in [1.54, 1.807) is 13.8 Å². The van der Waals surface area contributed by atoms with E-state index in [4.69, 9.17) is 5.11 Å². The number of aryl methyl sites for hydroxylation is 1. The average molecular weight is 207 g/mol. The molecule has 0 spiro atoms. The number of carboxylic acids is 1. The minimum Gasteiger partial charge on any atom is -0.480 e. The van der Waals surface area contributed by atoms with Gasteiger partial charge >= 0.3 is 5.97 Å². The van der Waals surface area contributed by atoms with Crippen molar-refractivity contribution in [2.45, 2.75) is 32.9 Å². The smallest absolute Gasteiger partial charge is 0.323 e. The van der Waals surface area contributed by atoms with Crippen molar-refractivity contribution in [3.63, 3.8) is 0 Å². The zero-order chi connectivity index (χ0) is 11.5. The Morgan fingerprint density at radius 1 is 1.33 bits per heavy atom. The lowest BCUT2D eigenvalue weighted by Gasteiger charge is -2.21. The second-order valence-electron chi connectivity index (χ2n) is 4.27. The summed E-state index contributed by atoms with van der Waals surface area (Å²) in [6.45, 7) is 5.91. The van der Waals surface area contributed by atoms with Crippen LogP contribution in [0.1, 0.15) is 25.0 Å². The second kappa shape index (κ2) is 4.45. The lowest BCUT2D eigenvalue weighted by Crippen LogP contribution is -2.46. The van der Waals surface area contributed by atoms with E-state index in [2.05, 4.69) is 5.32 Å². The topological polar surface area (TPSA) is 49.3 Å². The monoisotopic (exact) mass is 207 g/mol. The van der Waals surface area contributed by atoms with Gasteiger partial charge in [-0.1, -0.05) is 29.8 Å². The summed E-state index contributed by atoms with van der Waals surface area (Å²) in [5.74, 6) is -0.838. The molecule has 0 amide bonds. The highest BCUT2D eigenvalue weighted by Gasteiger charge is 2.25. The number of rotatable bonds is 4. The van der Waals surface area contributed by atoms with Gasteiger partial charge in [0, 0.05) is 6.54 Å². The van der Waals surface area contributed by atoms with E-state index < -0.39 is 11.5 Å². The molecule has 1 aromatic rings. The number of aliphatic carboxylic acids is 1. The van der Waals surface area contributed by atoms with Crippen molar-refractivity contribution in [1.82, 2.24) is 5.32 Å². The minimum absolute atomic E-state index is 0.569. The van der Waals surface area contributed by atoms with Crippen molar-refractivity contribution in [2.75, 3.05) is 0 Å². The summed E-state index contributed by atoms with van der Waals surface area (Å²) in [6.07, 6.45) is 0. The van der Waals surface area contributed by atoms with Crippen molar-refractivity contribution in [3.8, 4) is 0 Å². The van der Waals surface area contributed by atoms with Crippen LogP contribution in [0, 0.1) is 6.92 Å². The fourth-order valence-electron chi connectivity index (χ4n) is 1.10. The molecule has 0 aromatic heterocycles. The van der Waals surface area contributed by atoms with Gasteiger partial charge in [0.25, 0.3) is 0 Å². The minimum atomic E-state index is -0.884. The first-order chi connectivity index (χ1) is 6.92. The molecule has 3 nitrogen and oxygen atoms in total. The van der Waals surface area contributed by atoms with Gasteiger partial charge in [0.2, 0.25) is 0 Å². The van der Waals surface area contributed by atoms with E-state index in [1.165, 1.54) is 5.56 Å². The van der Waals surface area contributed by atoms with Crippen molar-refractivity contribution in [3.05, 3.63) is 35.4 Å². The second-order valence-corrected chi connectivity index (χ2v) is 4.27. The first kappa shape index (κ1) is 11.7. The molecular weight excluding hydrogens is 190 g/mol. The first-order valence-corrected chi connectivity index (χ1v) is 4.96. The molecule has 3 heteroatoms. The van der Waals surface area contributed by atoms with Gasteiger partial charge in [-0.25, -0.2) is 0 Å². The molecule has 0 atom stereocenters. The van der Waals surface area contributed by atoms with Gasteiger partial charge in [-0.3, -0.25) is 10.1 Å². The maximum atomic E-state index is 10.8. The number of carbonyl (C=O) groups is 1. The maximum absolute atomic E-state index is 10.8. The molecule has 0 heterocycles. The predicted octanol–water partition coefficient (Wildman–Crippen LogP) is 1.95. The molecule has 0 saturated carbocycles. The summed E-state index contributed by atoms with van der Waals surface area (Å²) >= 11 is 0. The van der Waals surface area contributed by atoms with E-state index in [-0.39, 0.29) is 0 Å². The predicted molar refractivity (Wildman–Crippen MR) is 59.7 cm³/mol. The van der Waals surface area contributed by atoms with Crippen LogP contribution in [0.4, 0.5) is 0 Å². The molecule has 1 aromatic carbocycles. The van der Waals surface area contributed by atoms with Crippen LogP contribution in [-0.4, -0.2) is 16.6 Å². The Labute approximate surface area is 90.1 Å².